The van der Waals surface area contributed by atoms with E-state index in [4.69, 9.17) is 14.2 Å². The average Bonchev–Trinajstić information content (AvgIpc) is 2.48. The van der Waals surface area contributed by atoms with Crippen LogP contribution in [0.2, 0.25) is 0 Å². The third kappa shape index (κ3) is 5.30. The Kier molecular flexibility index (Phi) is 7.01. The molecule has 1 aromatic rings. The lowest BCUT2D eigenvalue weighted by Crippen LogP contribution is -2.18. The zero-order chi connectivity index (χ0) is 15.7. The van der Waals surface area contributed by atoms with Gasteiger partial charge in [0.05, 0.1) is 20.3 Å². The summed E-state index contributed by atoms with van der Waals surface area (Å²) in [5, 5.41) is 0. The molecule has 0 aliphatic rings. The number of ketones is 1. The smallest absolute Gasteiger partial charge is 0.344 e. The predicted molar refractivity (Wildman–Crippen MR) is 78.0 cm³/mol. The molecule has 0 unspecified atom stereocenters. The first-order valence-electron chi connectivity index (χ1n) is 6.77. The quantitative estimate of drug-likeness (QED) is 0.242. The Bertz CT molecular complexity index is 519. The van der Waals surface area contributed by atoms with Gasteiger partial charge in [-0.25, -0.2) is 4.79 Å². The second kappa shape index (κ2) is 8.79. The maximum absolute atomic E-state index is 12.2. The van der Waals surface area contributed by atoms with Crippen molar-refractivity contribution in [2.45, 2.75) is 20.3 Å². The van der Waals surface area contributed by atoms with E-state index in [1.165, 1.54) is 6.26 Å². The van der Waals surface area contributed by atoms with Gasteiger partial charge in [-0.2, -0.15) is 0 Å². The van der Waals surface area contributed by atoms with Gasteiger partial charge in [-0.3, -0.25) is 4.79 Å². The van der Waals surface area contributed by atoms with Gasteiger partial charge in [-0.1, -0.05) is 12.1 Å². The van der Waals surface area contributed by atoms with Gasteiger partial charge in [0.1, 0.15) is 17.6 Å². The van der Waals surface area contributed by atoms with Crippen molar-refractivity contribution in [3.05, 3.63) is 41.7 Å². The van der Waals surface area contributed by atoms with Crippen molar-refractivity contribution in [3.8, 4) is 5.75 Å². The molecule has 0 amide bonds. The summed E-state index contributed by atoms with van der Waals surface area (Å²) in [5.74, 6) is -0.360. The molecule has 0 fully saturated rings. The van der Waals surface area contributed by atoms with Crippen LogP contribution < -0.4 is 4.74 Å². The molecule has 21 heavy (non-hydrogen) atoms. The number of carbonyl (C=O) groups is 2. The Morgan fingerprint density at radius 2 is 1.95 bits per heavy atom. The van der Waals surface area contributed by atoms with Crippen LogP contribution in [-0.2, 0) is 25.5 Å². The summed E-state index contributed by atoms with van der Waals surface area (Å²) in [4.78, 5) is 24.0. The summed E-state index contributed by atoms with van der Waals surface area (Å²) in [7, 11) is 1.56. The third-order valence-electron chi connectivity index (χ3n) is 2.66. The highest BCUT2D eigenvalue weighted by atomic mass is 16.5. The van der Waals surface area contributed by atoms with Crippen molar-refractivity contribution >= 4 is 11.8 Å². The fraction of sp³-hybridized carbons (Fsp3) is 0.375. The molecular weight excluding hydrogens is 272 g/mol. The van der Waals surface area contributed by atoms with Crippen LogP contribution in [-0.4, -0.2) is 32.1 Å². The second-order valence-electron chi connectivity index (χ2n) is 4.16. The standard InChI is InChI=1S/C16H20O5/c1-4-20-11-14(16(18)21-5-2)15(17)10-12-7-6-8-13(9-12)19-3/h6-9,11H,4-5,10H2,1-3H3. The molecule has 1 rings (SSSR count). The van der Waals surface area contributed by atoms with Crippen LogP contribution >= 0.6 is 0 Å². The van der Waals surface area contributed by atoms with E-state index in [0.29, 0.717) is 12.4 Å². The summed E-state index contributed by atoms with van der Waals surface area (Å²) >= 11 is 0. The second-order valence-corrected chi connectivity index (χ2v) is 4.16. The molecule has 0 aromatic heterocycles. The van der Waals surface area contributed by atoms with Crippen LogP contribution in [0.1, 0.15) is 19.4 Å². The molecule has 5 heteroatoms. The fourth-order valence-corrected chi connectivity index (χ4v) is 1.67. The minimum atomic E-state index is -0.668. The Labute approximate surface area is 124 Å². The molecular formula is C16H20O5. The number of benzene rings is 1. The van der Waals surface area contributed by atoms with E-state index in [0.717, 1.165) is 5.56 Å². The maximum atomic E-state index is 12.2. The molecule has 0 saturated heterocycles. The molecule has 0 bridgehead atoms. The van der Waals surface area contributed by atoms with Crippen LogP contribution in [0.3, 0.4) is 0 Å². The summed E-state index contributed by atoms with van der Waals surface area (Å²) in [6.07, 6.45) is 1.25. The highest BCUT2D eigenvalue weighted by Crippen LogP contribution is 2.15. The minimum absolute atomic E-state index is 0.0783. The van der Waals surface area contributed by atoms with E-state index in [9.17, 15) is 9.59 Å². The molecule has 0 radical (unpaired) electrons. The zero-order valence-corrected chi connectivity index (χ0v) is 12.5. The van der Waals surface area contributed by atoms with Gasteiger partial charge in [0, 0.05) is 6.42 Å². The Morgan fingerprint density at radius 1 is 1.19 bits per heavy atom. The van der Waals surface area contributed by atoms with Gasteiger partial charge < -0.3 is 14.2 Å². The van der Waals surface area contributed by atoms with Crippen LogP contribution in [0.15, 0.2) is 36.1 Å². The lowest BCUT2D eigenvalue weighted by atomic mass is 10.0. The first-order valence-corrected chi connectivity index (χ1v) is 6.77. The normalized spacial score (nSPS) is 10.9. The van der Waals surface area contributed by atoms with Crippen LogP contribution in [0.5, 0.6) is 5.75 Å². The number of methoxy groups -OCH3 is 1. The molecule has 0 aliphatic carbocycles. The number of rotatable bonds is 8. The molecule has 0 spiro atoms. The van der Waals surface area contributed by atoms with Crippen molar-refractivity contribution in [3.63, 3.8) is 0 Å². The Morgan fingerprint density at radius 3 is 2.57 bits per heavy atom. The number of ether oxygens (including phenoxy) is 3. The Balaban J connectivity index is 2.87. The van der Waals surface area contributed by atoms with Gasteiger partial charge in [0.15, 0.2) is 5.78 Å². The van der Waals surface area contributed by atoms with Crippen molar-refractivity contribution in [2.75, 3.05) is 20.3 Å². The van der Waals surface area contributed by atoms with E-state index in [-0.39, 0.29) is 24.4 Å². The largest absolute Gasteiger partial charge is 0.500 e. The Hall–Kier alpha value is -2.30. The molecule has 5 nitrogen and oxygen atoms in total. The number of esters is 1. The third-order valence-corrected chi connectivity index (χ3v) is 2.66. The van der Waals surface area contributed by atoms with Crippen molar-refractivity contribution in [2.24, 2.45) is 0 Å². The predicted octanol–water partition coefficient (Wildman–Crippen LogP) is 2.29. The summed E-state index contributed by atoms with van der Waals surface area (Å²) in [6.45, 7) is 4.03. The van der Waals surface area contributed by atoms with E-state index in [1.807, 2.05) is 0 Å². The molecule has 0 saturated carbocycles. The summed E-state index contributed by atoms with van der Waals surface area (Å²) in [5.41, 5.74) is 0.674. The molecule has 114 valence electrons. The number of carbonyl (C=O) groups excluding carboxylic acids is 2. The first-order chi connectivity index (χ1) is 10.1. The SMILES string of the molecule is CCOC=C(C(=O)Cc1cccc(OC)c1)C(=O)OCC. The van der Waals surface area contributed by atoms with Crippen LogP contribution in [0.4, 0.5) is 0 Å². The highest BCUT2D eigenvalue weighted by Gasteiger charge is 2.20. The van der Waals surface area contributed by atoms with Gasteiger partial charge >= 0.3 is 5.97 Å². The number of Topliss-reactive ketones (excluding diaryl/α,β-unsaturated/α-hetero) is 1. The summed E-state index contributed by atoms with van der Waals surface area (Å²) < 4.78 is 15.0. The van der Waals surface area contributed by atoms with Gasteiger partial charge in [-0.15, -0.1) is 0 Å². The first kappa shape index (κ1) is 16.8. The van der Waals surface area contributed by atoms with E-state index in [1.54, 1.807) is 45.2 Å². The monoisotopic (exact) mass is 292 g/mol. The topological polar surface area (TPSA) is 61.8 Å². The zero-order valence-electron chi connectivity index (χ0n) is 12.5. The van der Waals surface area contributed by atoms with E-state index < -0.39 is 5.97 Å². The average molecular weight is 292 g/mol. The van der Waals surface area contributed by atoms with Crippen LogP contribution in [0, 0.1) is 0 Å². The maximum Gasteiger partial charge on any atom is 0.344 e. The lowest BCUT2D eigenvalue weighted by Gasteiger charge is -2.07. The lowest BCUT2D eigenvalue weighted by molar-refractivity contribution is -0.140. The molecule has 0 heterocycles. The highest BCUT2D eigenvalue weighted by molar-refractivity contribution is 6.17. The fourth-order valence-electron chi connectivity index (χ4n) is 1.67. The van der Waals surface area contributed by atoms with Crippen molar-refractivity contribution in [1.29, 1.82) is 0 Å². The summed E-state index contributed by atoms with van der Waals surface area (Å²) in [6, 6.07) is 7.12. The van der Waals surface area contributed by atoms with Crippen molar-refractivity contribution < 1.29 is 23.8 Å². The van der Waals surface area contributed by atoms with Gasteiger partial charge in [-0.05, 0) is 31.5 Å². The van der Waals surface area contributed by atoms with Crippen molar-refractivity contribution in [1.82, 2.24) is 0 Å². The van der Waals surface area contributed by atoms with E-state index in [2.05, 4.69) is 0 Å². The van der Waals surface area contributed by atoms with Crippen LogP contribution in [0.25, 0.3) is 0 Å². The van der Waals surface area contributed by atoms with Gasteiger partial charge in [0.25, 0.3) is 0 Å². The van der Waals surface area contributed by atoms with Gasteiger partial charge in [0.2, 0.25) is 0 Å². The molecule has 0 aliphatic heterocycles. The number of hydrogen-bond acceptors (Lipinski definition) is 5. The number of hydrogen-bond donors (Lipinski definition) is 0. The minimum Gasteiger partial charge on any atom is -0.500 e. The van der Waals surface area contributed by atoms with E-state index >= 15 is 0 Å². The molecule has 0 atom stereocenters. The molecule has 1 aromatic carbocycles. The molecule has 0 N–H and O–H groups in total.